The van der Waals surface area contributed by atoms with Gasteiger partial charge in [0.05, 0.1) is 6.54 Å². The molecule has 2 aliphatic rings. The second-order valence-electron chi connectivity index (χ2n) is 4.05. The SMILES string of the molecule is NC1=NC(N2Cc3ccccc3C2)CN1. The van der Waals surface area contributed by atoms with Crippen molar-refractivity contribution in [2.24, 2.45) is 10.7 Å². The number of rotatable bonds is 1. The Morgan fingerprint density at radius 3 is 2.47 bits per heavy atom. The van der Waals surface area contributed by atoms with E-state index in [0.717, 1.165) is 19.6 Å². The van der Waals surface area contributed by atoms with E-state index in [1.54, 1.807) is 0 Å². The fraction of sp³-hybridized carbons (Fsp3) is 0.364. The van der Waals surface area contributed by atoms with Crippen molar-refractivity contribution in [3.8, 4) is 0 Å². The second kappa shape index (κ2) is 3.24. The lowest BCUT2D eigenvalue weighted by Gasteiger charge is -2.19. The van der Waals surface area contributed by atoms with Gasteiger partial charge in [0, 0.05) is 13.1 Å². The Kier molecular flexibility index (Phi) is 1.89. The molecule has 0 radical (unpaired) electrons. The van der Waals surface area contributed by atoms with Gasteiger partial charge < -0.3 is 11.1 Å². The number of aliphatic imine (C=N–C) groups is 1. The number of fused-ring (bicyclic) bond motifs is 1. The van der Waals surface area contributed by atoms with Gasteiger partial charge in [-0.05, 0) is 11.1 Å². The first kappa shape index (κ1) is 8.73. The molecular formula is C11H14N4. The molecule has 0 aliphatic carbocycles. The highest BCUT2D eigenvalue weighted by Gasteiger charge is 2.27. The summed E-state index contributed by atoms with van der Waals surface area (Å²) in [7, 11) is 0. The number of benzene rings is 1. The van der Waals surface area contributed by atoms with Crippen LogP contribution in [0.5, 0.6) is 0 Å². The lowest BCUT2D eigenvalue weighted by molar-refractivity contribution is 0.214. The number of hydrogen-bond acceptors (Lipinski definition) is 4. The van der Waals surface area contributed by atoms with Crippen LogP contribution in [0.1, 0.15) is 11.1 Å². The Morgan fingerprint density at radius 1 is 1.27 bits per heavy atom. The summed E-state index contributed by atoms with van der Waals surface area (Å²) in [5.74, 6) is 0.566. The molecule has 0 amide bonds. The van der Waals surface area contributed by atoms with Gasteiger partial charge in [0.2, 0.25) is 0 Å². The van der Waals surface area contributed by atoms with E-state index in [-0.39, 0.29) is 6.17 Å². The molecule has 0 bridgehead atoms. The molecule has 2 aliphatic heterocycles. The number of nitrogens with one attached hydrogen (secondary N) is 1. The van der Waals surface area contributed by atoms with E-state index in [9.17, 15) is 0 Å². The summed E-state index contributed by atoms with van der Waals surface area (Å²) < 4.78 is 0. The van der Waals surface area contributed by atoms with Crippen LogP contribution in [-0.2, 0) is 13.1 Å². The van der Waals surface area contributed by atoms with Crippen molar-refractivity contribution in [3.63, 3.8) is 0 Å². The topological polar surface area (TPSA) is 53.6 Å². The normalized spacial score (nSPS) is 24.8. The minimum atomic E-state index is 0.206. The third kappa shape index (κ3) is 1.47. The molecule has 1 aromatic rings. The smallest absolute Gasteiger partial charge is 0.190 e. The zero-order valence-corrected chi connectivity index (χ0v) is 8.48. The molecule has 1 aromatic carbocycles. The van der Waals surface area contributed by atoms with Crippen LogP contribution in [0.25, 0.3) is 0 Å². The van der Waals surface area contributed by atoms with Crippen molar-refractivity contribution < 1.29 is 0 Å². The van der Waals surface area contributed by atoms with E-state index in [1.165, 1.54) is 11.1 Å². The maximum atomic E-state index is 5.61. The predicted octanol–water partition coefficient (Wildman–Crippen LogP) is 0.246. The first-order valence-electron chi connectivity index (χ1n) is 5.21. The van der Waals surface area contributed by atoms with Gasteiger partial charge in [-0.1, -0.05) is 24.3 Å². The lowest BCUT2D eigenvalue weighted by atomic mass is 10.1. The Balaban J connectivity index is 1.79. The van der Waals surface area contributed by atoms with Gasteiger partial charge >= 0.3 is 0 Å². The summed E-state index contributed by atoms with van der Waals surface area (Å²) in [6, 6.07) is 8.55. The summed E-state index contributed by atoms with van der Waals surface area (Å²) in [6.07, 6.45) is 0.206. The molecule has 1 unspecified atom stereocenters. The Hall–Kier alpha value is -1.55. The molecule has 15 heavy (non-hydrogen) atoms. The van der Waals surface area contributed by atoms with Crippen LogP contribution in [0, 0.1) is 0 Å². The van der Waals surface area contributed by atoms with E-state index in [4.69, 9.17) is 5.73 Å². The summed E-state index contributed by atoms with van der Waals surface area (Å²) in [4.78, 5) is 6.71. The van der Waals surface area contributed by atoms with Gasteiger partial charge in [-0.2, -0.15) is 0 Å². The number of guanidine groups is 1. The molecule has 0 saturated carbocycles. The van der Waals surface area contributed by atoms with Crippen LogP contribution in [0.3, 0.4) is 0 Å². The fourth-order valence-corrected chi connectivity index (χ4v) is 2.23. The molecule has 78 valence electrons. The maximum Gasteiger partial charge on any atom is 0.190 e. The third-order valence-corrected chi connectivity index (χ3v) is 3.04. The van der Waals surface area contributed by atoms with Crippen LogP contribution >= 0.6 is 0 Å². The van der Waals surface area contributed by atoms with Gasteiger partial charge in [-0.15, -0.1) is 0 Å². The zero-order chi connectivity index (χ0) is 10.3. The average molecular weight is 202 g/mol. The van der Waals surface area contributed by atoms with Gasteiger partial charge in [0.1, 0.15) is 6.17 Å². The van der Waals surface area contributed by atoms with Crippen molar-refractivity contribution in [1.29, 1.82) is 0 Å². The Labute approximate surface area is 88.8 Å². The van der Waals surface area contributed by atoms with Crippen molar-refractivity contribution in [2.75, 3.05) is 6.54 Å². The summed E-state index contributed by atoms with van der Waals surface area (Å²) >= 11 is 0. The number of hydrogen-bond donors (Lipinski definition) is 2. The Morgan fingerprint density at radius 2 is 1.93 bits per heavy atom. The molecule has 0 fully saturated rings. The average Bonchev–Trinajstić information content (AvgIpc) is 2.82. The predicted molar refractivity (Wildman–Crippen MR) is 59.1 cm³/mol. The van der Waals surface area contributed by atoms with Crippen molar-refractivity contribution in [2.45, 2.75) is 19.3 Å². The van der Waals surface area contributed by atoms with E-state index in [0.29, 0.717) is 5.96 Å². The molecule has 0 aromatic heterocycles. The molecule has 2 heterocycles. The lowest BCUT2D eigenvalue weighted by Crippen LogP contribution is -2.33. The van der Waals surface area contributed by atoms with Gasteiger partial charge in [-0.3, -0.25) is 4.90 Å². The third-order valence-electron chi connectivity index (χ3n) is 3.04. The quantitative estimate of drug-likeness (QED) is 0.686. The molecule has 3 rings (SSSR count). The molecule has 0 saturated heterocycles. The first-order chi connectivity index (χ1) is 7.33. The van der Waals surface area contributed by atoms with Gasteiger partial charge in [0.15, 0.2) is 5.96 Å². The molecule has 3 N–H and O–H groups in total. The molecule has 4 nitrogen and oxygen atoms in total. The molecule has 4 heteroatoms. The van der Waals surface area contributed by atoms with Gasteiger partial charge in [0.25, 0.3) is 0 Å². The van der Waals surface area contributed by atoms with Crippen molar-refractivity contribution in [1.82, 2.24) is 10.2 Å². The monoisotopic (exact) mass is 202 g/mol. The van der Waals surface area contributed by atoms with Crippen molar-refractivity contribution >= 4 is 5.96 Å². The van der Waals surface area contributed by atoms with Crippen LogP contribution in [-0.4, -0.2) is 23.6 Å². The minimum Gasteiger partial charge on any atom is -0.370 e. The summed E-state index contributed by atoms with van der Waals surface area (Å²) in [6.45, 7) is 2.80. The maximum absolute atomic E-state index is 5.61. The highest BCUT2D eigenvalue weighted by Crippen LogP contribution is 2.24. The molecule has 1 atom stereocenters. The highest BCUT2D eigenvalue weighted by atomic mass is 15.3. The fourth-order valence-electron chi connectivity index (χ4n) is 2.23. The van der Waals surface area contributed by atoms with E-state index in [2.05, 4.69) is 39.5 Å². The summed E-state index contributed by atoms with van der Waals surface area (Å²) in [5, 5.41) is 3.06. The molecular weight excluding hydrogens is 188 g/mol. The standard InChI is InChI=1S/C11H14N4/c12-11-13-5-10(14-11)15-6-8-3-1-2-4-9(8)7-15/h1-4,10H,5-7H2,(H3,12,13,14). The van der Waals surface area contributed by atoms with Gasteiger partial charge in [-0.25, -0.2) is 4.99 Å². The second-order valence-corrected chi connectivity index (χ2v) is 4.05. The first-order valence-corrected chi connectivity index (χ1v) is 5.21. The van der Waals surface area contributed by atoms with E-state index < -0.39 is 0 Å². The largest absolute Gasteiger partial charge is 0.370 e. The van der Waals surface area contributed by atoms with Crippen LogP contribution in [0.4, 0.5) is 0 Å². The van der Waals surface area contributed by atoms with Crippen molar-refractivity contribution in [3.05, 3.63) is 35.4 Å². The minimum absolute atomic E-state index is 0.206. The van der Waals surface area contributed by atoms with Crippen LogP contribution in [0.15, 0.2) is 29.3 Å². The van der Waals surface area contributed by atoms with E-state index in [1.807, 2.05) is 0 Å². The summed E-state index contributed by atoms with van der Waals surface area (Å²) in [5.41, 5.74) is 8.44. The van der Waals surface area contributed by atoms with Crippen LogP contribution in [0.2, 0.25) is 0 Å². The van der Waals surface area contributed by atoms with Crippen LogP contribution < -0.4 is 11.1 Å². The number of nitrogens with zero attached hydrogens (tertiary/aromatic N) is 2. The van der Waals surface area contributed by atoms with E-state index >= 15 is 0 Å². The number of nitrogens with two attached hydrogens (primary N) is 1. The zero-order valence-electron chi connectivity index (χ0n) is 8.48. The molecule has 0 spiro atoms. The Bertz CT molecular complexity index is 388. The highest BCUT2D eigenvalue weighted by molar-refractivity contribution is 5.79.